The van der Waals surface area contributed by atoms with E-state index in [1.54, 1.807) is 7.11 Å². The van der Waals surface area contributed by atoms with E-state index >= 15 is 0 Å². The van der Waals surface area contributed by atoms with E-state index in [9.17, 15) is 0 Å². The van der Waals surface area contributed by atoms with Crippen molar-refractivity contribution in [3.63, 3.8) is 0 Å². The number of methoxy groups -OCH3 is 1. The summed E-state index contributed by atoms with van der Waals surface area (Å²) in [5.41, 5.74) is 0.837. The molecule has 0 saturated heterocycles. The van der Waals surface area contributed by atoms with Gasteiger partial charge in [0.05, 0.1) is 17.2 Å². The molecule has 4 nitrogen and oxygen atoms in total. The maximum Gasteiger partial charge on any atom is 0.172 e. The van der Waals surface area contributed by atoms with E-state index < -0.39 is 0 Å². The van der Waals surface area contributed by atoms with E-state index in [1.807, 2.05) is 19.1 Å². The summed E-state index contributed by atoms with van der Waals surface area (Å²) in [5.74, 6) is 1.45. The maximum absolute atomic E-state index is 6.06. The molecule has 0 amide bonds. The number of nitrogens with zero attached hydrogens (tertiary/aromatic N) is 2. The molecule has 102 valence electrons. The summed E-state index contributed by atoms with van der Waals surface area (Å²) >= 11 is 10.9. The molecule has 2 aromatic heterocycles. The lowest BCUT2D eigenvalue weighted by atomic mass is 10.3. The van der Waals surface area contributed by atoms with Gasteiger partial charge in [-0.1, -0.05) is 11.6 Å². The molecule has 0 fully saturated rings. The highest BCUT2D eigenvalue weighted by molar-refractivity contribution is 9.10. The Morgan fingerprint density at radius 2 is 2.21 bits per heavy atom. The zero-order chi connectivity index (χ0) is 13.8. The Hall–Kier alpha value is -0.690. The van der Waals surface area contributed by atoms with Crippen LogP contribution in [-0.2, 0) is 11.3 Å². The van der Waals surface area contributed by atoms with Gasteiger partial charge in [0.1, 0.15) is 10.2 Å². The molecule has 0 aliphatic rings. The molecule has 0 radical (unpaired) electrons. The lowest BCUT2D eigenvalue weighted by Crippen LogP contribution is -2.04. The fourth-order valence-corrected chi connectivity index (χ4v) is 3.19. The van der Waals surface area contributed by atoms with Gasteiger partial charge in [-0.3, -0.25) is 0 Å². The van der Waals surface area contributed by atoms with Crippen molar-refractivity contribution in [3.8, 4) is 10.7 Å². The minimum atomic E-state index is 0.453. The number of thiophene rings is 1. The van der Waals surface area contributed by atoms with Gasteiger partial charge in [-0.15, -0.1) is 11.3 Å². The third-order valence-electron chi connectivity index (χ3n) is 2.29. The Balaban J connectivity index is 2.42. The molecule has 0 spiro atoms. The number of hydrogen-bond acceptors (Lipinski definition) is 5. The van der Waals surface area contributed by atoms with E-state index in [4.69, 9.17) is 16.3 Å². The highest BCUT2D eigenvalue weighted by atomic mass is 79.9. The van der Waals surface area contributed by atoms with Crippen LogP contribution in [0, 0.1) is 0 Å². The highest BCUT2D eigenvalue weighted by Gasteiger charge is 2.11. The average molecular weight is 363 g/mol. The predicted molar refractivity (Wildman–Crippen MR) is 82.9 cm³/mol. The summed E-state index contributed by atoms with van der Waals surface area (Å²) in [5, 5.41) is 3.19. The molecular weight excluding hydrogens is 350 g/mol. The van der Waals surface area contributed by atoms with Crippen molar-refractivity contribution in [1.82, 2.24) is 9.97 Å². The molecule has 2 rings (SSSR count). The van der Waals surface area contributed by atoms with Crippen molar-refractivity contribution in [2.45, 2.75) is 13.5 Å². The second-order valence-corrected chi connectivity index (χ2v) is 6.27. The van der Waals surface area contributed by atoms with Crippen LogP contribution in [0.2, 0.25) is 4.34 Å². The van der Waals surface area contributed by atoms with Gasteiger partial charge >= 0.3 is 0 Å². The monoisotopic (exact) mass is 361 g/mol. The maximum atomic E-state index is 6.06. The lowest BCUT2D eigenvalue weighted by Gasteiger charge is -2.07. The Bertz CT molecular complexity index is 532. The van der Waals surface area contributed by atoms with Crippen LogP contribution < -0.4 is 5.32 Å². The topological polar surface area (TPSA) is 47.0 Å². The van der Waals surface area contributed by atoms with Crippen molar-refractivity contribution >= 4 is 44.7 Å². The van der Waals surface area contributed by atoms with E-state index in [0.717, 1.165) is 27.4 Å². The fourth-order valence-electron chi connectivity index (χ4n) is 1.56. The van der Waals surface area contributed by atoms with Crippen molar-refractivity contribution < 1.29 is 4.74 Å². The quantitative estimate of drug-likeness (QED) is 0.866. The molecule has 2 aromatic rings. The van der Waals surface area contributed by atoms with Crippen LogP contribution in [0.1, 0.15) is 12.6 Å². The van der Waals surface area contributed by atoms with Gasteiger partial charge < -0.3 is 10.1 Å². The second-order valence-electron chi connectivity index (χ2n) is 3.76. The van der Waals surface area contributed by atoms with Crippen LogP contribution in [0.15, 0.2) is 16.6 Å². The van der Waals surface area contributed by atoms with Crippen LogP contribution in [-0.4, -0.2) is 23.6 Å². The molecule has 0 aliphatic carbocycles. The van der Waals surface area contributed by atoms with Crippen LogP contribution in [0.3, 0.4) is 0 Å². The molecule has 0 saturated carbocycles. The molecule has 2 heterocycles. The summed E-state index contributed by atoms with van der Waals surface area (Å²) in [6.45, 7) is 3.28. The zero-order valence-corrected chi connectivity index (χ0v) is 13.7. The second kappa shape index (κ2) is 6.65. The summed E-state index contributed by atoms with van der Waals surface area (Å²) in [4.78, 5) is 9.89. The Morgan fingerprint density at radius 3 is 2.79 bits per heavy atom. The summed E-state index contributed by atoms with van der Waals surface area (Å²) < 4.78 is 6.69. The third-order valence-corrected chi connectivity index (χ3v) is 4.77. The Kier molecular flexibility index (Phi) is 5.15. The van der Waals surface area contributed by atoms with E-state index in [1.165, 1.54) is 11.3 Å². The number of anilines is 1. The van der Waals surface area contributed by atoms with Gasteiger partial charge in [0, 0.05) is 24.2 Å². The number of ether oxygens (including phenoxy) is 1. The first-order valence-corrected chi connectivity index (χ1v) is 7.68. The zero-order valence-electron chi connectivity index (χ0n) is 10.5. The third kappa shape index (κ3) is 3.66. The predicted octanol–water partition coefficient (Wildman–Crippen LogP) is 4.20. The number of aromatic nitrogens is 2. The first-order chi connectivity index (χ1) is 9.13. The van der Waals surface area contributed by atoms with Gasteiger partial charge in [0.2, 0.25) is 0 Å². The molecule has 0 aliphatic heterocycles. The SMILES string of the molecule is CCNc1cc(COC)nc(-c2cc(Br)c(Cl)s2)n1. The Labute approximate surface area is 129 Å². The lowest BCUT2D eigenvalue weighted by molar-refractivity contribution is 0.181. The van der Waals surface area contributed by atoms with Crippen molar-refractivity contribution in [3.05, 3.63) is 26.6 Å². The molecule has 0 atom stereocenters. The van der Waals surface area contributed by atoms with Crippen molar-refractivity contribution in [2.24, 2.45) is 0 Å². The molecule has 19 heavy (non-hydrogen) atoms. The van der Waals surface area contributed by atoms with Gasteiger partial charge in [-0.05, 0) is 28.9 Å². The highest BCUT2D eigenvalue weighted by Crippen LogP contribution is 2.37. The number of halogens is 2. The molecule has 7 heteroatoms. The van der Waals surface area contributed by atoms with Crippen molar-refractivity contribution in [1.29, 1.82) is 0 Å². The fraction of sp³-hybridized carbons (Fsp3) is 0.333. The minimum Gasteiger partial charge on any atom is -0.378 e. The van der Waals surface area contributed by atoms with Crippen LogP contribution in [0.5, 0.6) is 0 Å². The molecular formula is C12H13BrClN3OS. The molecule has 0 bridgehead atoms. The summed E-state index contributed by atoms with van der Waals surface area (Å²) in [6, 6.07) is 3.81. The first-order valence-electron chi connectivity index (χ1n) is 5.70. The number of nitrogens with one attached hydrogen (secondary N) is 1. The van der Waals surface area contributed by atoms with Crippen LogP contribution in [0.25, 0.3) is 10.7 Å². The van der Waals surface area contributed by atoms with Gasteiger partial charge in [0.25, 0.3) is 0 Å². The van der Waals surface area contributed by atoms with Gasteiger partial charge in [-0.2, -0.15) is 0 Å². The van der Waals surface area contributed by atoms with Crippen LogP contribution in [0.4, 0.5) is 5.82 Å². The average Bonchev–Trinajstić information content (AvgIpc) is 2.70. The molecule has 1 N–H and O–H groups in total. The summed E-state index contributed by atoms with van der Waals surface area (Å²) in [7, 11) is 1.65. The Morgan fingerprint density at radius 1 is 1.42 bits per heavy atom. The summed E-state index contributed by atoms with van der Waals surface area (Å²) in [6.07, 6.45) is 0. The standard InChI is InChI=1S/C12H13BrClN3OS/c1-3-15-10-4-7(6-18-2)16-12(17-10)9-5-8(13)11(14)19-9/h4-5H,3,6H2,1-2H3,(H,15,16,17). The normalized spacial score (nSPS) is 10.7. The smallest absolute Gasteiger partial charge is 0.172 e. The minimum absolute atomic E-state index is 0.453. The molecule has 0 unspecified atom stereocenters. The van der Waals surface area contributed by atoms with Crippen molar-refractivity contribution in [2.75, 3.05) is 19.0 Å². The van der Waals surface area contributed by atoms with E-state index in [0.29, 0.717) is 16.8 Å². The van der Waals surface area contributed by atoms with E-state index in [-0.39, 0.29) is 0 Å². The van der Waals surface area contributed by atoms with Gasteiger partial charge in [0.15, 0.2) is 5.82 Å². The first kappa shape index (κ1) is 14.7. The number of hydrogen-bond donors (Lipinski definition) is 1. The van der Waals surface area contributed by atoms with E-state index in [2.05, 4.69) is 31.2 Å². The largest absolute Gasteiger partial charge is 0.378 e. The van der Waals surface area contributed by atoms with Crippen LogP contribution >= 0.6 is 38.9 Å². The molecule has 0 aromatic carbocycles. The van der Waals surface area contributed by atoms with Gasteiger partial charge in [-0.25, -0.2) is 9.97 Å². The number of rotatable bonds is 5.